The Hall–Kier alpha value is -2.57. The topological polar surface area (TPSA) is 77.2 Å². The predicted octanol–water partition coefficient (Wildman–Crippen LogP) is 4.98. The number of nitrogen functional groups attached to an aromatic ring is 1. The quantitative estimate of drug-likeness (QED) is 0.604. The molecule has 0 unspecified atom stereocenters. The summed E-state index contributed by atoms with van der Waals surface area (Å²) in [6, 6.07) is 10.9. The van der Waals surface area contributed by atoms with Gasteiger partial charge in [0.2, 0.25) is 5.78 Å². The minimum absolute atomic E-state index is 0.136. The number of thiazole rings is 1. The highest BCUT2D eigenvalue weighted by atomic mass is 35.5. The van der Waals surface area contributed by atoms with E-state index in [-0.39, 0.29) is 11.6 Å². The largest absolute Gasteiger partial charge is 0.495 e. The minimum Gasteiger partial charge on any atom is -0.495 e. The number of ether oxygens (including phenoxy) is 1. The first-order valence-electron chi connectivity index (χ1n) is 7.88. The molecule has 26 heavy (non-hydrogen) atoms. The summed E-state index contributed by atoms with van der Waals surface area (Å²) in [5.41, 5.74) is 9.28. The van der Waals surface area contributed by atoms with Gasteiger partial charge in [-0.15, -0.1) is 0 Å². The molecule has 0 radical (unpaired) electrons. The third kappa shape index (κ3) is 3.66. The molecule has 5 nitrogen and oxygen atoms in total. The number of hydrogen-bond acceptors (Lipinski definition) is 6. The molecule has 7 heteroatoms. The van der Waals surface area contributed by atoms with Crippen molar-refractivity contribution < 1.29 is 9.53 Å². The number of methoxy groups -OCH3 is 1. The SMILES string of the molecule is COc1ccc(Cl)cc1Nc1nc(N)c(C(=O)c2ccc(C)cc2C)s1. The summed E-state index contributed by atoms with van der Waals surface area (Å²) in [7, 11) is 1.57. The molecule has 0 saturated carbocycles. The molecule has 0 fully saturated rings. The second-order valence-electron chi connectivity index (χ2n) is 5.85. The molecule has 1 aromatic heterocycles. The smallest absolute Gasteiger partial charge is 0.207 e. The van der Waals surface area contributed by atoms with Crippen molar-refractivity contribution in [1.82, 2.24) is 4.98 Å². The van der Waals surface area contributed by atoms with Gasteiger partial charge in [-0.05, 0) is 37.6 Å². The van der Waals surface area contributed by atoms with E-state index >= 15 is 0 Å². The summed E-state index contributed by atoms with van der Waals surface area (Å²) in [4.78, 5) is 17.5. The van der Waals surface area contributed by atoms with Crippen LogP contribution in [0.15, 0.2) is 36.4 Å². The summed E-state index contributed by atoms with van der Waals surface area (Å²) in [5.74, 6) is 0.678. The lowest BCUT2D eigenvalue weighted by Crippen LogP contribution is -2.04. The van der Waals surface area contributed by atoms with Crippen molar-refractivity contribution in [3.63, 3.8) is 0 Å². The number of carbonyl (C=O) groups excluding carboxylic acids is 1. The maximum Gasteiger partial charge on any atom is 0.207 e. The summed E-state index contributed by atoms with van der Waals surface area (Å²) in [6.07, 6.45) is 0. The summed E-state index contributed by atoms with van der Waals surface area (Å²) < 4.78 is 5.31. The van der Waals surface area contributed by atoms with Crippen molar-refractivity contribution in [2.45, 2.75) is 13.8 Å². The van der Waals surface area contributed by atoms with E-state index in [2.05, 4.69) is 10.3 Å². The van der Waals surface area contributed by atoms with Gasteiger partial charge in [0, 0.05) is 10.6 Å². The fraction of sp³-hybridized carbons (Fsp3) is 0.158. The van der Waals surface area contributed by atoms with Gasteiger partial charge in [0.1, 0.15) is 16.4 Å². The fourth-order valence-corrected chi connectivity index (χ4v) is 3.66. The van der Waals surface area contributed by atoms with Gasteiger partial charge >= 0.3 is 0 Å². The van der Waals surface area contributed by atoms with Gasteiger partial charge in [-0.25, -0.2) is 4.98 Å². The van der Waals surface area contributed by atoms with Crippen LogP contribution in [0, 0.1) is 13.8 Å². The van der Waals surface area contributed by atoms with Crippen molar-refractivity contribution in [2.75, 3.05) is 18.2 Å². The van der Waals surface area contributed by atoms with Crippen molar-refractivity contribution in [1.29, 1.82) is 0 Å². The Morgan fingerprint density at radius 2 is 2.00 bits per heavy atom. The first-order chi connectivity index (χ1) is 12.4. The predicted molar refractivity (Wildman–Crippen MR) is 107 cm³/mol. The number of nitrogens with one attached hydrogen (secondary N) is 1. The standard InChI is InChI=1S/C19H18ClN3O2S/c1-10-4-6-13(11(2)8-10)16(24)17-18(21)23-19(26-17)22-14-9-12(20)5-7-15(14)25-3/h4-9H,21H2,1-3H3,(H,22,23). The summed E-state index contributed by atoms with van der Waals surface area (Å²) >= 11 is 7.25. The number of halogens is 1. The van der Waals surface area contributed by atoms with Crippen LogP contribution in [0.2, 0.25) is 5.02 Å². The van der Waals surface area contributed by atoms with E-state index in [4.69, 9.17) is 22.1 Å². The molecular formula is C19H18ClN3O2S. The van der Waals surface area contributed by atoms with Gasteiger partial charge in [-0.2, -0.15) is 0 Å². The molecule has 2 aromatic carbocycles. The number of hydrogen-bond donors (Lipinski definition) is 2. The molecule has 134 valence electrons. The van der Waals surface area contributed by atoms with E-state index in [9.17, 15) is 4.79 Å². The van der Waals surface area contributed by atoms with Gasteiger partial charge < -0.3 is 15.8 Å². The van der Waals surface area contributed by atoms with Crippen LogP contribution in [0.5, 0.6) is 5.75 Å². The van der Waals surface area contributed by atoms with E-state index in [1.807, 2.05) is 32.0 Å². The number of nitrogens with zero attached hydrogens (tertiary/aromatic N) is 1. The highest BCUT2D eigenvalue weighted by Crippen LogP contribution is 2.34. The molecule has 1 heterocycles. The molecule has 3 aromatic rings. The highest BCUT2D eigenvalue weighted by Gasteiger charge is 2.20. The lowest BCUT2D eigenvalue weighted by molar-refractivity contribution is 0.104. The van der Waals surface area contributed by atoms with Crippen LogP contribution in [0.1, 0.15) is 26.4 Å². The van der Waals surface area contributed by atoms with Crippen LogP contribution in [0.4, 0.5) is 16.6 Å². The second-order valence-corrected chi connectivity index (χ2v) is 7.29. The lowest BCUT2D eigenvalue weighted by atomic mass is 10.0. The zero-order valence-electron chi connectivity index (χ0n) is 14.6. The first kappa shape index (κ1) is 18.2. The lowest BCUT2D eigenvalue weighted by Gasteiger charge is -2.09. The fourth-order valence-electron chi connectivity index (χ4n) is 2.63. The van der Waals surface area contributed by atoms with Crippen molar-refractivity contribution in [3.05, 3.63) is 63.0 Å². The van der Waals surface area contributed by atoms with Gasteiger partial charge in [-0.3, -0.25) is 4.79 Å². The Balaban J connectivity index is 1.92. The number of nitrogens with two attached hydrogens (primary N) is 1. The number of aryl methyl sites for hydroxylation is 2. The van der Waals surface area contributed by atoms with E-state index in [0.717, 1.165) is 11.1 Å². The maximum atomic E-state index is 12.9. The minimum atomic E-state index is -0.136. The number of aromatic nitrogens is 1. The average molecular weight is 388 g/mol. The van der Waals surface area contributed by atoms with Crippen molar-refractivity contribution in [3.8, 4) is 5.75 Å². The molecule has 0 aliphatic carbocycles. The zero-order chi connectivity index (χ0) is 18.8. The molecule has 0 aliphatic heterocycles. The van der Waals surface area contributed by atoms with Crippen molar-refractivity contribution >= 4 is 45.4 Å². The molecule has 0 atom stereocenters. The Labute approximate surface area is 160 Å². The van der Waals surface area contributed by atoms with Gasteiger partial charge in [0.05, 0.1) is 12.8 Å². The number of carbonyl (C=O) groups is 1. The van der Waals surface area contributed by atoms with E-state index < -0.39 is 0 Å². The molecule has 0 amide bonds. The highest BCUT2D eigenvalue weighted by molar-refractivity contribution is 7.18. The average Bonchev–Trinajstić information content (AvgIpc) is 2.95. The first-order valence-corrected chi connectivity index (χ1v) is 9.07. The number of anilines is 3. The van der Waals surface area contributed by atoms with E-state index in [0.29, 0.717) is 32.0 Å². The molecular weight excluding hydrogens is 370 g/mol. The Morgan fingerprint density at radius 3 is 2.69 bits per heavy atom. The molecule has 0 saturated heterocycles. The number of rotatable bonds is 5. The molecule has 0 bridgehead atoms. The van der Waals surface area contributed by atoms with Crippen LogP contribution in [0.25, 0.3) is 0 Å². The monoisotopic (exact) mass is 387 g/mol. The van der Waals surface area contributed by atoms with E-state index in [1.54, 1.807) is 25.3 Å². The molecule has 3 N–H and O–H groups in total. The molecule has 0 spiro atoms. The Kier molecular flexibility index (Phi) is 5.15. The number of benzene rings is 2. The zero-order valence-corrected chi connectivity index (χ0v) is 16.2. The van der Waals surface area contributed by atoms with Crippen LogP contribution >= 0.6 is 22.9 Å². The maximum absolute atomic E-state index is 12.9. The Morgan fingerprint density at radius 1 is 1.23 bits per heavy atom. The second kappa shape index (κ2) is 7.35. The van der Waals surface area contributed by atoms with E-state index in [1.165, 1.54) is 11.3 Å². The van der Waals surface area contributed by atoms with Gasteiger partial charge in [0.25, 0.3) is 0 Å². The van der Waals surface area contributed by atoms with Crippen LogP contribution in [-0.4, -0.2) is 17.9 Å². The van der Waals surface area contributed by atoms with Crippen LogP contribution in [0.3, 0.4) is 0 Å². The normalized spacial score (nSPS) is 10.6. The Bertz CT molecular complexity index is 985. The molecule has 0 aliphatic rings. The number of ketones is 1. The third-order valence-electron chi connectivity index (χ3n) is 3.89. The summed E-state index contributed by atoms with van der Waals surface area (Å²) in [5, 5.41) is 4.18. The van der Waals surface area contributed by atoms with Gasteiger partial charge in [0.15, 0.2) is 5.13 Å². The molecule has 3 rings (SSSR count). The van der Waals surface area contributed by atoms with Crippen LogP contribution in [-0.2, 0) is 0 Å². The third-order valence-corrected chi connectivity index (χ3v) is 5.11. The summed E-state index contributed by atoms with van der Waals surface area (Å²) in [6.45, 7) is 3.90. The van der Waals surface area contributed by atoms with Crippen molar-refractivity contribution in [2.24, 2.45) is 0 Å². The van der Waals surface area contributed by atoms with Crippen LogP contribution < -0.4 is 15.8 Å². The van der Waals surface area contributed by atoms with Gasteiger partial charge in [-0.1, -0.05) is 46.7 Å².